The molecule has 1 rings (SSSR count). The number of halogens is 1. The van der Waals surface area contributed by atoms with Crippen LogP contribution >= 0.6 is 15.9 Å². The third kappa shape index (κ3) is 4.44. The average Bonchev–Trinajstić information content (AvgIpc) is 2.51. The number of esters is 1. The minimum absolute atomic E-state index is 0.0402. The number of nitrogens with one attached hydrogen (secondary N) is 1. The fourth-order valence-corrected chi connectivity index (χ4v) is 3.85. The Labute approximate surface area is 139 Å². The van der Waals surface area contributed by atoms with Crippen LogP contribution in [0.3, 0.4) is 0 Å². The number of methoxy groups -OCH3 is 2. The summed E-state index contributed by atoms with van der Waals surface area (Å²) in [5.41, 5.74) is 0. The molecule has 2 atom stereocenters. The summed E-state index contributed by atoms with van der Waals surface area (Å²) in [6.45, 7) is 3.65. The number of benzene rings is 1. The fourth-order valence-electron chi connectivity index (χ4n) is 1.85. The molecule has 0 fully saturated rings. The lowest BCUT2D eigenvalue weighted by Crippen LogP contribution is -2.45. The molecule has 0 amide bonds. The third-order valence-electron chi connectivity index (χ3n) is 3.37. The second-order valence-corrected chi connectivity index (χ2v) is 7.40. The van der Waals surface area contributed by atoms with Crippen molar-refractivity contribution in [1.29, 1.82) is 0 Å². The van der Waals surface area contributed by atoms with Crippen LogP contribution in [0.4, 0.5) is 0 Å². The summed E-state index contributed by atoms with van der Waals surface area (Å²) in [6.07, 6.45) is 0.623. The summed E-state index contributed by atoms with van der Waals surface area (Å²) in [4.78, 5) is 11.8. The largest absolute Gasteiger partial charge is 0.495 e. The minimum Gasteiger partial charge on any atom is -0.495 e. The van der Waals surface area contributed by atoms with E-state index in [-0.39, 0.29) is 16.6 Å². The monoisotopic (exact) mass is 393 g/mol. The maximum absolute atomic E-state index is 12.6. The smallest absolute Gasteiger partial charge is 0.324 e. The molecule has 0 spiro atoms. The highest BCUT2D eigenvalue weighted by Gasteiger charge is 2.31. The van der Waals surface area contributed by atoms with Gasteiger partial charge in [0.2, 0.25) is 10.0 Å². The lowest BCUT2D eigenvalue weighted by Gasteiger charge is -2.22. The first kappa shape index (κ1) is 18.9. The average molecular weight is 394 g/mol. The molecule has 0 radical (unpaired) electrons. The van der Waals surface area contributed by atoms with Gasteiger partial charge in [0.15, 0.2) is 0 Å². The van der Waals surface area contributed by atoms with E-state index >= 15 is 0 Å². The van der Waals surface area contributed by atoms with Crippen LogP contribution in [-0.2, 0) is 19.6 Å². The Bertz CT molecular complexity index is 632. The summed E-state index contributed by atoms with van der Waals surface area (Å²) in [7, 11) is -1.33. The lowest BCUT2D eigenvalue weighted by atomic mass is 10.0. The topological polar surface area (TPSA) is 81.7 Å². The van der Waals surface area contributed by atoms with Crippen molar-refractivity contribution >= 4 is 31.9 Å². The first-order chi connectivity index (χ1) is 10.3. The Morgan fingerprint density at radius 1 is 1.36 bits per heavy atom. The molecule has 6 nitrogen and oxygen atoms in total. The van der Waals surface area contributed by atoms with E-state index in [1.165, 1.54) is 26.4 Å². The van der Waals surface area contributed by atoms with Gasteiger partial charge in [-0.1, -0.05) is 36.2 Å². The van der Waals surface area contributed by atoms with E-state index in [2.05, 4.69) is 20.7 Å². The summed E-state index contributed by atoms with van der Waals surface area (Å²) in [5.74, 6) is -0.629. The molecule has 124 valence electrons. The van der Waals surface area contributed by atoms with Crippen molar-refractivity contribution in [1.82, 2.24) is 4.72 Å². The molecule has 22 heavy (non-hydrogen) atoms. The maximum Gasteiger partial charge on any atom is 0.324 e. The van der Waals surface area contributed by atoms with Gasteiger partial charge in [-0.2, -0.15) is 4.72 Å². The third-order valence-corrected chi connectivity index (χ3v) is 5.32. The highest BCUT2D eigenvalue weighted by molar-refractivity contribution is 9.10. The zero-order chi connectivity index (χ0) is 16.9. The van der Waals surface area contributed by atoms with Crippen LogP contribution in [0.5, 0.6) is 5.75 Å². The van der Waals surface area contributed by atoms with Crippen molar-refractivity contribution in [3.8, 4) is 5.75 Å². The van der Waals surface area contributed by atoms with E-state index in [0.29, 0.717) is 10.9 Å². The molecule has 0 saturated carbocycles. The van der Waals surface area contributed by atoms with Crippen LogP contribution in [0.1, 0.15) is 20.3 Å². The van der Waals surface area contributed by atoms with Gasteiger partial charge in [-0.15, -0.1) is 0 Å². The summed E-state index contributed by atoms with van der Waals surface area (Å²) < 4.78 is 38.0. The normalized spacial score (nSPS) is 14.2. The second-order valence-electron chi connectivity index (χ2n) is 4.80. The number of carbonyl (C=O) groups excluding carboxylic acids is 1. The van der Waals surface area contributed by atoms with Crippen LogP contribution < -0.4 is 9.46 Å². The van der Waals surface area contributed by atoms with Crippen molar-refractivity contribution < 1.29 is 22.7 Å². The van der Waals surface area contributed by atoms with Gasteiger partial charge in [0.25, 0.3) is 0 Å². The van der Waals surface area contributed by atoms with Crippen molar-refractivity contribution in [3.05, 3.63) is 22.7 Å². The molecule has 0 aliphatic rings. The first-order valence-electron chi connectivity index (χ1n) is 6.70. The quantitative estimate of drug-likeness (QED) is 0.718. The molecule has 0 heterocycles. The van der Waals surface area contributed by atoms with Crippen LogP contribution in [0.25, 0.3) is 0 Å². The Balaban J connectivity index is 3.23. The fraction of sp³-hybridized carbons (Fsp3) is 0.500. The highest BCUT2D eigenvalue weighted by atomic mass is 79.9. The van der Waals surface area contributed by atoms with Crippen molar-refractivity contribution in [3.63, 3.8) is 0 Å². The second kappa shape index (κ2) is 7.94. The van der Waals surface area contributed by atoms with Crippen LogP contribution in [0.2, 0.25) is 0 Å². The highest BCUT2D eigenvalue weighted by Crippen LogP contribution is 2.28. The van der Waals surface area contributed by atoms with E-state index in [9.17, 15) is 13.2 Å². The summed E-state index contributed by atoms with van der Waals surface area (Å²) in [5, 5.41) is 0. The summed E-state index contributed by atoms with van der Waals surface area (Å²) in [6, 6.07) is 3.68. The molecule has 0 aromatic heterocycles. The van der Waals surface area contributed by atoms with Gasteiger partial charge in [-0.05, 0) is 24.1 Å². The van der Waals surface area contributed by atoms with E-state index < -0.39 is 22.0 Å². The lowest BCUT2D eigenvalue weighted by molar-refractivity contribution is -0.143. The molecule has 8 heteroatoms. The van der Waals surface area contributed by atoms with Gasteiger partial charge in [0.1, 0.15) is 16.7 Å². The van der Waals surface area contributed by atoms with Gasteiger partial charge in [0.05, 0.1) is 14.2 Å². The number of hydrogen-bond acceptors (Lipinski definition) is 5. The predicted molar refractivity (Wildman–Crippen MR) is 86.3 cm³/mol. The van der Waals surface area contributed by atoms with E-state index in [1.54, 1.807) is 13.0 Å². The summed E-state index contributed by atoms with van der Waals surface area (Å²) >= 11 is 3.23. The Hall–Kier alpha value is -1.12. The molecule has 0 aliphatic carbocycles. The number of rotatable bonds is 7. The van der Waals surface area contributed by atoms with Crippen molar-refractivity contribution in [2.45, 2.75) is 31.2 Å². The Morgan fingerprint density at radius 3 is 2.50 bits per heavy atom. The van der Waals surface area contributed by atoms with E-state index in [0.717, 1.165) is 0 Å². The van der Waals surface area contributed by atoms with Gasteiger partial charge in [0, 0.05) is 4.47 Å². The Morgan fingerprint density at radius 2 is 2.00 bits per heavy atom. The molecule has 1 N–H and O–H groups in total. The number of ether oxygens (including phenoxy) is 2. The molecule has 0 bridgehead atoms. The molecule has 1 aromatic carbocycles. The van der Waals surface area contributed by atoms with Crippen molar-refractivity contribution in [2.75, 3.05) is 14.2 Å². The molecule has 0 saturated heterocycles. The van der Waals surface area contributed by atoms with Crippen LogP contribution in [0.15, 0.2) is 27.6 Å². The van der Waals surface area contributed by atoms with Gasteiger partial charge >= 0.3 is 5.97 Å². The molecule has 1 aromatic rings. The van der Waals surface area contributed by atoms with E-state index in [1.807, 2.05) is 6.92 Å². The number of hydrogen-bond donors (Lipinski definition) is 1. The standard InChI is InChI=1S/C14H20BrNO5S/c1-5-9(2)13(14(17)21-4)16-22(18,19)12-8-10(15)6-7-11(12)20-3/h6-9,13,16H,5H2,1-4H3/t9-,13+/m1/s1. The molecule has 0 unspecified atom stereocenters. The van der Waals surface area contributed by atoms with Crippen LogP contribution in [-0.4, -0.2) is 34.6 Å². The Kier molecular flexibility index (Phi) is 6.83. The van der Waals surface area contributed by atoms with Gasteiger partial charge in [-0.25, -0.2) is 8.42 Å². The number of sulfonamides is 1. The number of carbonyl (C=O) groups is 1. The maximum atomic E-state index is 12.6. The van der Waals surface area contributed by atoms with Crippen molar-refractivity contribution in [2.24, 2.45) is 5.92 Å². The van der Waals surface area contributed by atoms with E-state index in [4.69, 9.17) is 9.47 Å². The minimum atomic E-state index is -3.94. The first-order valence-corrected chi connectivity index (χ1v) is 8.98. The predicted octanol–water partition coefficient (Wildman–Crippen LogP) is 2.32. The zero-order valence-corrected chi connectivity index (χ0v) is 15.3. The van der Waals surface area contributed by atoms with Gasteiger partial charge in [-0.3, -0.25) is 4.79 Å². The molecular weight excluding hydrogens is 374 g/mol. The molecular formula is C14H20BrNO5S. The van der Waals surface area contributed by atoms with Crippen LogP contribution in [0, 0.1) is 5.92 Å². The SMILES string of the molecule is CC[C@@H](C)[C@H](NS(=O)(=O)c1cc(Br)ccc1OC)C(=O)OC. The molecule has 0 aliphatic heterocycles. The zero-order valence-electron chi connectivity index (χ0n) is 12.9. The van der Waals surface area contributed by atoms with Gasteiger partial charge < -0.3 is 9.47 Å².